The van der Waals surface area contributed by atoms with Gasteiger partial charge in [0, 0.05) is 5.25 Å². The fourth-order valence-electron chi connectivity index (χ4n) is 3.48. The van der Waals surface area contributed by atoms with Crippen molar-refractivity contribution in [3.63, 3.8) is 0 Å². The van der Waals surface area contributed by atoms with E-state index < -0.39 is 0 Å². The summed E-state index contributed by atoms with van der Waals surface area (Å²) in [6.45, 7) is 0. The van der Waals surface area contributed by atoms with Gasteiger partial charge in [0.25, 0.3) is 0 Å². The van der Waals surface area contributed by atoms with Crippen LogP contribution in [-0.4, -0.2) is 23.7 Å². The number of allylic oxidation sites excluding steroid dienone is 1. The van der Waals surface area contributed by atoms with Gasteiger partial charge in [-0.1, -0.05) is 11.6 Å². The van der Waals surface area contributed by atoms with E-state index in [1.807, 2.05) is 0 Å². The third-order valence-electron chi connectivity index (χ3n) is 4.41. The van der Waals surface area contributed by atoms with Crippen LogP contribution in [0.1, 0.15) is 25.7 Å². The standard InChI is InChI=1S/C12H16O2S/c15-11-8-3-6-1-2-9-12(13-9)14-10(11)5-7(6)4-8/h4,6,8-12,15H,1-3,5H2/t6?,8?,9-,10?,11?,12+/m0/s1. The van der Waals surface area contributed by atoms with Crippen molar-refractivity contribution in [1.29, 1.82) is 0 Å². The van der Waals surface area contributed by atoms with Gasteiger partial charge < -0.3 is 9.47 Å². The quantitative estimate of drug-likeness (QED) is 0.387. The van der Waals surface area contributed by atoms with Gasteiger partial charge in [-0.25, -0.2) is 0 Å². The smallest absolute Gasteiger partial charge is 0.184 e. The summed E-state index contributed by atoms with van der Waals surface area (Å²) in [5, 5.41) is 0.390. The molecule has 0 spiro atoms. The van der Waals surface area contributed by atoms with Crippen molar-refractivity contribution in [2.45, 2.75) is 49.4 Å². The zero-order valence-corrected chi connectivity index (χ0v) is 9.53. The van der Waals surface area contributed by atoms with Gasteiger partial charge in [-0.3, -0.25) is 0 Å². The van der Waals surface area contributed by atoms with Crippen LogP contribution < -0.4 is 0 Å². The van der Waals surface area contributed by atoms with Crippen molar-refractivity contribution in [1.82, 2.24) is 0 Å². The van der Waals surface area contributed by atoms with Crippen LogP contribution in [-0.2, 0) is 9.47 Å². The zero-order chi connectivity index (χ0) is 9.99. The van der Waals surface area contributed by atoms with Crippen LogP contribution in [0, 0.1) is 11.8 Å². The summed E-state index contributed by atoms with van der Waals surface area (Å²) in [5.74, 6) is 1.46. The molecule has 0 amide bonds. The first-order valence-electron chi connectivity index (χ1n) is 6.01. The van der Waals surface area contributed by atoms with Gasteiger partial charge in [0.2, 0.25) is 0 Å². The first-order chi connectivity index (χ1) is 7.31. The van der Waals surface area contributed by atoms with E-state index >= 15 is 0 Å². The summed E-state index contributed by atoms with van der Waals surface area (Å²) in [6, 6.07) is 0. The highest BCUT2D eigenvalue weighted by atomic mass is 32.1. The Hall–Kier alpha value is 0.01000. The van der Waals surface area contributed by atoms with Gasteiger partial charge in [0.05, 0.1) is 6.10 Å². The van der Waals surface area contributed by atoms with Crippen LogP contribution in [0.2, 0.25) is 0 Å². The molecular formula is C12H16O2S. The molecule has 2 nitrogen and oxygen atoms in total. The molecule has 4 aliphatic rings. The summed E-state index contributed by atoms with van der Waals surface area (Å²) in [7, 11) is 0. The Balaban J connectivity index is 1.68. The minimum atomic E-state index is 0.0986. The number of ether oxygens (including phenoxy) is 2. The molecule has 0 radical (unpaired) electrons. The highest BCUT2D eigenvalue weighted by Crippen LogP contribution is 2.49. The first kappa shape index (κ1) is 9.08. The molecule has 2 aliphatic heterocycles. The molecule has 0 aromatic carbocycles. The van der Waals surface area contributed by atoms with E-state index in [1.54, 1.807) is 5.57 Å². The van der Waals surface area contributed by atoms with Crippen molar-refractivity contribution in [2.75, 3.05) is 0 Å². The van der Waals surface area contributed by atoms with E-state index in [4.69, 9.17) is 22.1 Å². The summed E-state index contributed by atoms with van der Waals surface area (Å²) < 4.78 is 11.5. The van der Waals surface area contributed by atoms with Crippen molar-refractivity contribution in [3.05, 3.63) is 11.6 Å². The Morgan fingerprint density at radius 2 is 2.07 bits per heavy atom. The normalized spacial score (nSPS) is 56.5. The second kappa shape index (κ2) is 3.02. The number of rotatable bonds is 0. The number of thiol groups is 1. The lowest BCUT2D eigenvalue weighted by molar-refractivity contribution is -0.0162. The first-order valence-corrected chi connectivity index (χ1v) is 6.52. The third kappa shape index (κ3) is 1.33. The molecule has 0 N–H and O–H groups in total. The Labute approximate surface area is 95.4 Å². The molecule has 2 fully saturated rings. The predicted octanol–water partition coefficient (Wildman–Crippen LogP) is 2.15. The lowest BCUT2D eigenvalue weighted by atomic mass is 9.93. The molecule has 15 heavy (non-hydrogen) atoms. The topological polar surface area (TPSA) is 21.8 Å². The van der Waals surface area contributed by atoms with Crippen LogP contribution in [0.25, 0.3) is 0 Å². The second-order valence-electron chi connectivity index (χ2n) is 5.33. The van der Waals surface area contributed by atoms with E-state index in [-0.39, 0.29) is 6.29 Å². The number of hydrogen-bond acceptors (Lipinski definition) is 3. The Morgan fingerprint density at radius 3 is 3.00 bits per heavy atom. The second-order valence-corrected chi connectivity index (χ2v) is 5.92. The highest BCUT2D eigenvalue weighted by molar-refractivity contribution is 7.81. The maximum atomic E-state index is 5.99. The largest absolute Gasteiger partial charge is 0.345 e. The van der Waals surface area contributed by atoms with Gasteiger partial charge in [-0.15, -0.1) is 0 Å². The molecule has 82 valence electrons. The fraction of sp³-hybridized carbons (Fsp3) is 0.833. The van der Waals surface area contributed by atoms with E-state index in [9.17, 15) is 0 Å². The minimum absolute atomic E-state index is 0.0986. The molecule has 0 aromatic heterocycles. The molecular weight excluding hydrogens is 208 g/mol. The van der Waals surface area contributed by atoms with Crippen molar-refractivity contribution < 1.29 is 9.47 Å². The lowest BCUT2D eigenvalue weighted by Gasteiger charge is -2.28. The van der Waals surface area contributed by atoms with Crippen LogP contribution in [0.4, 0.5) is 0 Å². The summed E-state index contributed by atoms with van der Waals surface area (Å²) >= 11 is 4.73. The van der Waals surface area contributed by atoms with E-state index in [0.29, 0.717) is 23.4 Å². The maximum Gasteiger partial charge on any atom is 0.184 e. The summed E-state index contributed by atoms with van der Waals surface area (Å²) in [4.78, 5) is 0. The van der Waals surface area contributed by atoms with Crippen molar-refractivity contribution in [2.24, 2.45) is 11.8 Å². The van der Waals surface area contributed by atoms with Crippen molar-refractivity contribution >= 4 is 12.6 Å². The number of epoxide rings is 1. The van der Waals surface area contributed by atoms with Gasteiger partial charge in [-0.2, -0.15) is 12.6 Å². The zero-order valence-electron chi connectivity index (χ0n) is 8.63. The van der Waals surface area contributed by atoms with E-state index in [2.05, 4.69) is 6.08 Å². The molecule has 2 aliphatic carbocycles. The van der Waals surface area contributed by atoms with E-state index in [1.165, 1.54) is 19.3 Å². The van der Waals surface area contributed by atoms with Gasteiger partial charge in [0.15, 0.2) is 6.29 Å². The van der Waals surface area contributed by atoms with Crippen LogP contribution in [0.3, 0.4) is 0 Å². The molecule has 0 aromatic rings. The molecule has 4 rings (SSSR count). The molecule has 4 unspecified atom stereocenters. The van der Waals surface area contributed by atoms with Crippen molar-refractivity contribution in [3.8, 4) is 0 Å². The molecule has 3 bridgehead atoms. The molecule has 3 heteroatoms. The fourth-order valence-corrected chi connectivity index (χ4v) is 3.86. The Morgan fingerprint density at radius 1 is 1.20 bits per heavy atom. The minimum Gasteiger partial charge on any atom is -0.345 e. The lowest BCUT2D eigenvalue weighted by Crippen LogP contribution is -2.32. The highest BCUT2D eigenvalue weighted by Gasteiger charge is 2.49. The molecule has 6 atom stereocenters. The summed E-state index contributed by atoms with van der Waals surface area (Å²) in [5.41, 5.74) is 1.65. The van der Waals surface area contributed by atoms with Crippen LogP contribution in [0.15, 0.2) is 11.6 Å². The maximum absolute atomic E-state index is 5.99. The van der Waals surface area contributed by atoms with E-state index in [0.717, 1.165) is 12.3 Å². The molecule has 0 saturated carbocycles. The summed E-state index contributed by atoms with van der Waals surface area (Å²) in [6.07, 6.45) is 8.15. The van der Waals surface area contributed by atoms with Gasteiger partial charge >= 0.3 is 0 Å². The van der Waals surface area contributed by atoms with Gasteiger partial charge in [-0.05, 0) is 37.5 Å². The van der Waals surface area contributed by atoms with Crippen LogP contribution >= 0.6 is 12.6 Å². The average Bonchev–Trinajstić information content (AvgIpc) is 2.86. The SMILES string of the molecule is SC1C2C=C3CC1O[C@H]1O[C@H]1CCC3C2. The number of fused-ring (bicyclic) bond motifs is 3. The predicted molar refractivity (Wildman–Crippen MR) is 59.8 cm³/mol. The number of hydrogen-bond donors (Lipinski definition) is 1. The molecule has 2 saturated heterocycles. The third-order valence-corrected chi connectivity index (χ3v) is 5.13. The monoisotopic (exact) mass is 224 g/mol. The Kier molecular flexibility index (Phi) is 1.83. The Bertz CT molecular complexity index is 328. The average molecular weight is 224 g/mol. The van der Waals surface area contributed by atoms with Gasteiger partial charge in [0.1, 0.15) is 6.10 Å². The van der Waals surface area contributed by atoms with Crippen LogP contribution in [0.5, 0.6) is 0 Å². The molecule has 2 heterocycles.